The summed E-state index contributed by atoms with van der Waals surface area (Å²) in [5.74, 6) is -1.03. The van der Waals surface area contributed by atoms with Gasteiger partial charge in [0.15, 0.2) is 0 Å². The molecule has 0 N–H and O–H groups in total. The van der Waals surface area contributed by atoms with E-state index in [-0.39, 0.29) is 18.0 Å². The zero-order valence-corrected chi connectivity index (χ0v) is 16.6. The van der Waals surface area contributed by atoms with E-state index < -0.39 is 21.9 Å². The molecule has 0 fully saturated rings. The van der Waals surface area contributed by atoms with Crippen molar-refractivity contribution in [3.8, 4) is 0 Å². The van der Waals surface area contributed by atoms with E-state index in [9.17, 15) is 13.2 Å². The molecule has 0 saturated heterocycles. The van der Waals surface area contributed by atoms with Gasteiger partial charge >= 0.3 is 5.97 Å². The van der Waals surface area contributed by atoms with E-state index >= 15 is 0 Å². The molecule has 0 aliphatic heterocycles. The minimum atomic E-state index is -3.83. The Hall–Kier alpha value is -2.19. The summed E-state index contributed by atoms with van der Waals surface area (Å²) >= 11 is 0. The van der Waals surface area contributed by atoms with Gasteiger partial charge in [0, 0.05) is 20.1 Å². The van der Waals surface area contributed by atoms with Gasteiger partial charge in [-0.15, -0.1) is 0 Å². The summed E-state index contributed by atoms with van der Waals surface area (Å²) in [6, 6.07) is 9.28. The predicted molar refractivity (Wildman–Crippen MR) is 97.9 cm³/mol. The number of aryl methyl sites for hydroxylation is 2. The highest BCUT2D eigenvalue weighted by Gasteiger charge is 2.33. The third-order valence-electron chi connectivity index (χ3n) is 4.32. The van der Waals surface area contributed by atoms with Crippen LogP contribution in [0.4, 0.5) is 0 Å². The third-order valence-corrected chi connectivity index (χ3v) is 6.39. The van der Waals surface area contributed by atoms with Crippen molar-refractivity contribution >= 4 is 16.0 Å². The number of carbonyl (C=O) groups excluding carboxylic acids is 1. The van der Waals surface area contributed by atoms with Crippen LogP contribution in [0, 0.1) is 19.8 Å². The Balaban J connectivity index is 2.46. The number of hydrogen-bond acceptors (Lipinski definition) is 5. The zero-order valence-electron chi connectivity index (χ0n) is 15.8. The molecule has 142 valence electrons. The first-order chi connectivity index (χ1) is 12.2. The molecule has 1 aromatic carbocycles. The summed E-state index contributed by atoms with van der Waals surface area (Å²) in [4.78, 5) is 12.0. The highest BCUT2D eigenvalue weighted by atomic mass is 32.2. The normalized spacial score (nSPS) is 13.0. The molecule has 26 heavy (non-hydrogen) atoms. The highest BCUT2D eigenvalue weighted by molar-refractivity contribution is 7.89. The van der Waals surface area contributed by atoms with Gasteiger partial charge in [-0.3, -0.25) is 9.48 Å². The number of esters is 1. The van der Waals surface area contributed by atoms with Crippen LogP contribution in [0.15, 0.2) is 35.2 Å². The second kappa shape index (κ2) is 8.01. The molecule has 7 nitrogen and oxygen atoms in total. The maximum absolute atomic E-state index is 13.4. The van der Waals surface area contributed by atoms with Crippen LogP contribution in [0.25, 0.3) is 0 Å². The quantitative estimate of drug-likeness (QED) is 0.688. The number of aromatic nitrogens is 2. The summed E-state index contributed by atoms with van der Waals surface area (Å²) in [6.07, 6.45) is 0. The molecule has 0 aliphatic carbocycles. The number of rotatable bonds is 7. The summed E-state index contributed by atoms with van der Waals surface area (Å²) in [5.41, 5.74) is 1.84. The van der Waals surface area contributed by atoms with Gasteiger partial charge in [0.25, 0.3) is 0 Å². The molecular weight excluding hydrogens is 354 g/mol. The lowest BCUT2D eigenvalue weighted by Gasteiger charge is -2.24. The molecule has 0 aliphatic rings. The standard InChI is InChI=1S/C18H25N3O4S/c1-13(18(22)25-5)11-21(12-16-9-7-6-8-10-16)26(23,24)17-14(2)19-20(4)15(17)3/h6-10,13H,11-12H2,1-5H3/t13-/m1/s1. The molecule has 2 rings (SSSR count). The lowest BCUT2D eigenvalue weighted by Crippen LogP contribution is -2.37. The average molecular weight is 379 g/mol. The number of sulfonamides is 1. The van der Waals surface area contributed by atoms with Crippen molar-refractivity contribution in [3.63, 3.8) is 0 Å². The van der Waals surface area contributed by atoms with Crippen LogP contribution in [-0.2, 0) is 33.1 Å². The summed E-state index contributed by atoms with van der Waals surface area (Å²) in [6.45, 7) is 5.24. The van der Waals surface area contributed by atoms with E-state index in [2.05, 4.69) is 5.10 Å². The largest absolute Gasteiger partial charge is 0.469 e. The smallest absolute Gasteiger partial charge is 0.309 e. The van der Waals surface area contributed by atoms with Crippen LogP contribution in [0.3, 0.4) is 0 Å². The van der Waals surface area contributed by atoms with Gasteiger partial charge in [-0.2, -0.15) is 9.40 Å². The molecule has 0 spiro atoms. The third kappa shape index (κ3) is 4.13. The molecular formula is C18H25N3O4S. The van der Waals surface area contributed by atoms with Crippen molar-refractivity contribution in [2.45, 2.75) is 32.2 Å². The maximum Gasteiger partial charge on any atom is 0.309 e. The Labute approximate surface area is 154 Å². The number of methoxy groups -OCH3 is 1. The first-order valence-electron chi connectivity index (χ1n) is 8.30. The van der Waals surface area contributed by atoms with E-state index in [0.29, 0.717) is 11.4 Å². The van der Waals surface area contributed by atoms with E-state index in [4.69, 9.17) is 4.74 Å². The van der Waals surface area contributed by atoms with Crippen molar-refractivity contribution in [1.29, 1.82) is 0 Å². The highest BCUT2D eigenvalue weighted by Crippen LogP contribution is 2.25. The summed E-state index contributed by atoms with van der Waals surface area (Å²) < 4.78 is 34.3. The van der Waals surface area contributed by atoms with Gasteiger partial charge in [0.1, 0.15) is 4.90 Å². The van der Waals surface area contributed by atoms with Gasteiger partial charge in [-0.1, -0.05) is 37.3 Å². The van der Waals surface area contributed by atoms with Gasteiger partial charge in [0.2, 0.25) is 10.0 Å². The fourth-order valence-corrected chi connectivity index (χ4v) is 4.79. The van der Waals surface area contributed by atoms with Crippen molar-refractivity contribution in [2.24, 2.45) is 13.0 Å². The monoisotopic (exact) mass is 379 g/mol. The first-order valence-corrected chi connectivity index (χ1v) is 9.74. The van der Waals surface area contributed by atoms with Crippen LogP contribution < -0.4 is 0 Å². The summed E-state index contributed by atoms with van der Waals surface area (Å²) in [7, 11) is -0.830. The predicted octanol–water partition coefficient (Wildman–Crippen LogP) is 2.04. The molecule has 0 amide bonds. The van der Waals surface area contributed by atoms with Crippen molar-refractivity contribution in [1.82, 2.24) is 14.1 Å². The lowest BCUT2D eigenvalue weighted by atomic mass is 10.1. The fraction of sp³-hybridized carbons (Fsp3) is 0.444. The second-order valence-corrected chi connectivity index (χ2v) is 8.21. The molecule has 0 radical (unpaired) electrons. The zero-order chi connectivity index (χ0) is 19.5. The van der Waals surface area contributed by atoms with Crippen molar-refractivity contribution in [2.75, 3.05) is 13.7 Å². The van der Waals surface area contributed by atoms with Crippen LogP contribution in [0.1, 0.15) is 23.9 Å². The van der Waals surface area contributed by atoms with E-state index in [1.165, 1.54) is 11.4 Å². The number of carbonyl (C=O) groups is 1. The Morgan fingerprint density at radius 3 is 2.38 bits per heavy atom. The molecule has 0 saturated carbocycles. The summed E-state index contributed by atoms with van der Waals surface area (Å²) in [5, 5.41) is 4.22. The molecule has 0 bridgehead atoms. The second-order valence-electron chi connectivity index (χ2n) is 6.33. The van der Waals surface area contributed by atoms with Gasteiger partial charge < -0.3 is 4.74 Å². The average Bonchev–Trinajstić information content (AvgIpc) is 2.86. The Morgan fingerprint density at radius 2 is 1.88 bits per heavy atom. The van der Waals surface area contributed by atoms with Crippen LogP contribution in [0.2, 0.25) is 0 Å². The molecule has 1 aromatic heterocycles. The van der Waals surface area contributed by atoms with Crippen molar-refractivity contribution < 1.29 is 17.9 Å². The maximum atomic E-state index is 13.4. The molecule has 1 heterocycles. The fourth-order valence-electron chi connectivity index (χ4n) is 2.87. The molecule has 2 aromatic rings. The van der Waals surface area contributed by atoms with E-state index in [1.54, 1.807) is 32.5 Å². The van der Waals surface area contributed by atoms with E-state index in [1.807, 2.05) is 30.3 Å². The van der Waals surface area contributed by atoms with Gasteiger partial charge in [-0.25, -0.2) is 8.42 Å². The van der Waals surface area contributed by atoms with Crippen molar-refractivity contribution in [3.05, 3.63) is 47.3 Å². The van der Waals surface area contributed by atoms with E-state index in [0.717, 1.165) is 5.56 Å². The van der Waals surface area contributed by atoms with Crippen LogP contribution in [-0.4, -0.2) is 42.1 Å². The first kappa shape index (κ1) is 20.1. The number of ether oxygens (including phenoxy) is 1. The topological polar surface area (TPSA) is 81.5 Å². The number of hydrogen-bond donors (Lipinski definition) is 0. The van der Waals surface area contributed by atoms with Crippen LogP contribution in [0.5, 0.6) is 0 Å². The SMILES string of the molecule is COC(=O)[C@H](C)CN(Cc1ccccc1)S(=O)(=O)c1c(C)nn(C)c1C. The van der Waals surface area contributed by atoms with Crippen LogP contribution >= 0.6 is 0 Å². The van der Waals surface area contributed by atoms with Gasteiger partial charge in [-0.05, 0) is 19.4 Å². The lowest BCUT2D eigenvalue weighted by molar-refractivity contribution is -0.145. The molecule has 1 atom stereocenters. The van der Waals surface area contributed by atoms with Gasteiger partial charge in [0.05, 0.1) is 24.4 Å². The Morgan fingerprint density at radius 1 is 1.27 bits per heavy atom. The Bertz CT molecular complexity index is 875. The minimum absolute atomic E-state index is 0.0255. The minimum Gasteiger partial charge on any atom is -0.469 e. The molecule has 0 unspecified atom stereocenters. The number of nitrogens with zero attached hydrogens (tertiary/aromatic N) is 3. The number of benzene rings is 1. The Kier molecular flexibility index (Phi) is 6.20. The molecule has 8 heteroatoms.